The molecule has 1 heterocycles. The van der Waals surface area contributed by atoms with Gasteiger partial charge >= 0.3 is 5.97 Å². The van der Waals surface area contributed by atoms with Gasteiger partial charge in [0.15, 0.2) is 12.0 Å². The highest BCUT2D eigenvalue weighted by atomic mass is 19.1. The second-order valence-corrected chi connectivity index (χ2v) is 7.44. The Labute approximate surface area is 192 Å². The third-order valence-corrected chi connectivity index (χ3v) is 5.10. The summed E-state index contributed by atoms with van der Waals surface area (Å²) >= 11 is 0. The first kappa shape index (κ1) is 22.7. The minimum atomic E-state index is -0.676. The summed E-state index contributed by atoms with van der Waals surface area (Å²) in [7, 11) is 0. The van der Waals surface area contributed by atoms with Crippen LogP contribution in [-0.4, -0.2) is 35.5 Å². The lowest BCUT2D eigenvalue weighted by Crippen LogP contribution is -2.35. The first-order chi connectivity index (χ1) is 16.4. The Bertz CT molecular complexity index is 1390. The van der Waals surface area contributed by atoms with Gasteiger partial charge in [-0.3, -0.25) is 19.2 Å². The molecule has 0 radical (unpaired) electrons. The third-order valence-electron chi connectivity index (χ3n) is 5.10. The van der Waals surface area contributed by atoms with Gasteiger partial charge in [0.05, 0.1) is 17.6 Å². The number of anilines is 1. The molecule has 0 bridgehead atoms. The molecule has 9 heteroatoms. The van der Waals surface area contributed by atoms with Crippen LogP contribution in [-0.2, 0) is 25.7 Å². The molecule has 172 valence electrons. The van der Waals surface area contributed by atoms with Crippen molar-refractivity contribution in [3.63, 3.8) is 0 Å². The van der Waals surface area contributed by atoms with Crippen molar-refractivity contribution in [1.82, 2.24) is 9.88 Å². The van der Waals surface area contributed by atoms with E-state index in [4.69, 9.17) is 4.74 Å². The van der Waals surface area contributed by atoms with Gasteiger partial charge in [0.2, 0.25) is 5.91 Å². The molecule has 3 aromatic carbocycles. The predicted molar refractivity (Wildman–Crippen MR) is 125 cm³/mol. The number of pyridine rings is 1. The maximum Gasteiger partial charge on any atom is 0.326 e. The van der Waals surface area contributed by atoms with E-state index in [-0.39, 0.29) is 18.5 Å². The topological polar surface area (TPSA) is 106 Å². The molecule has 4 rings (SSSR count). The monoisotopic (exact) mass is 461 g/mol. The Morgan fingerprint density at radius 1 is 0.824 bits per heavy atom. The van der Waals surface area contributed by atoms with Crippen LogP contribution >= 0.6 is 0 Å². The highest BCUT2D eigenvalue weighted by molar-refractivity contribution is 5.96. The largest absolute Gasteiger partial charge is 0.454 e. The molecule has 34 heavy (non-hydrogen) atoms. The van der Waals surface area contributed by atoms with Gasteiger partial charge in [0.1, 0.15) is 12.4 Å². The van der Waals surface area contributed by atoms with Gasteiger partial charge in [-0.25, -0.2) is 4.39 Å². The number of para-hydroxylation sites is 2. The Morgan fingerprint density at radius 3 is 2.03 bits per heavy atom. The lowest BCUT2D eigenvalue weighted by Gasteiger charge is -2.14. The van der Waals surface area contributed by atoms with Gasteiger partial charge in [-0.15, -0.1) is 0 Å². The number of ether oxygens (including phenoxy) is 1. The fourth-order valence-corrected chi connectivity index (χ4v) is 3.54. The van der Waals surface area contributed by atoms with Gasteiger partial charge < -0.3 is 19.9 Å². The van der Waals surface area contributed by atoms with Crippen molar-refractivity contribution in [1.29, 1.82) is 0 Å². The molecule has 0 saturated carbocycles. The quantitative estimate of drug-likeness (QED) is 0.325. The molecule has 0 aliphatic heterocycles. The smallest absolute Gasteiger partial charge is 0.326 e. The van der Waals surface area contributed by atoms with Gasteiger partial charge in [-0.1, -0.05) is 24.3 Å². The van der Waals surface area contributed by atoms with E-state index in [1.807, 2.05) is 0 Å². The zero-order valence-electron chi connectivity index (χ0n) is 17.9. The normalized spacial score (nSPS) is 10.7. The average Bonchev–Trinajstić information content (AvgIpc) is 2.85. The first-order valence-electron chi connectivity index (χ1n) is 10.4. The van der Waals surface area contributed by atoms with Crippen LogP contribution in [0.25, 0.3) is 21.8 Å². The summed E-state index contributed by atoms with van der Waals surface area (Å²) in [6.45, 7) is -1.12. The molecule has 0 aliphatic rings. The minimum Gasteiger partial charge on any atom is -0.454 e. The van der Waals surface area contributed by atoms with Crippen molar-refractivity contribution in [2.45, 2.75) is 6.54 Å². The van der Waals surface area contributed by atoms with Crippen molar-refractivity contribution in [3.8, 4) is 0 Å². The van der Waals surface area contributed by atoms with Gasteiger partial charge in [-0.05, 0) is 48.5 Å². The van der Waals surface area contributed by atoms with Gasteiger partial charge in [0, 0.05) is 16.5 Å². The minimum absolute atomic E-state index is 0.130. The molecular weight excluding hydrogens is 441 g/mol. The number of esters is 1. The van der Waals surface area contributed by atoms with Crippen LogP contribution in [0.5, 0.6) is 0 Å². The molecule has 4 aromatic rings. The SMILES string of the molecule is O=C(COC(=O)Cn1c2ccccc2c(=O)c2ccccc21)NCC(=O)Nc1ccc(F)cc1. The van der Waals surface area contributed by atoms with Crippen molar-refractivity contribution in [2.24, 2.45) is 0 Å². The second kappa shape index (κ2) is 9.95. The zero-order valence-corrected chi connectivity index (χ0v) is 17.9. The lowest BCUT2D eigenvalue weighted by molar-refractivity contribution is -0.149. The van der Waals surface area contributed by atoms with Crippen molar-refractivity contribution in [2.75, 3.05) is 18.5 Å². The van der Waals surface area contributed by atoms with Crippen LogP contribution in [0.1, 0.15) is 0 Å². The van der Waals surface area contributed by atoms with Gasteiger partial charge in [-0.2, -0.15) is 0 Å². The molecule has 0 saturated heterocycles. The number of benzene rings is 3. The number of fused-ring (bicyclic) bond motifs is 2. The van der Waals surface area contributed by atoms with Crippen LogP contribution in [0.4, 0.5) is 10.1 Å². The van der Waals surface area contributed by atoms with Crippen LogP contribution < -0.4 is 16.1 Å². The van der Waals surface area contributed by atoms with E-state index in [9.17, 15) is 23.6 Å². The number of halogens is 1. The number of carbonyl (C=O) groups is 3. The summed E-state index contributed by atoms with van der Waals surface area (Å²) in [6, 6.07) is 19.1. The Morgan fingerprint density at radius 2 is 1.41 bits per heavy atom. The summed E-state index contributed by atoms with van der Waals surface area (Å²) in [5, 5.41) is 5.80. The van der Waals surface area contributed by atoms with E-state index >= 15 is 0 Å². The molecule has 2 N–H and O–H groups in total. The molecule has 0 atom stereocenters. The van der Waals surface area contributed by atoms with E-state index in [0.717, 1.165) is 0 Å². The zero-order chi connectivity index (χ0) is 24.1. The first-order valence-corrected chi connectivity index (χ1v) is 10.4. The Hall–Kier alpha value is -4.53. The van der Waals surface area contributed by atoms with E-state index in [0.29, 0.717) is 27.5 Å². The molecule has 0 aliphatic carbocycles. The number of rotatable bonds is 7. The van der Waals surface area contributed by atoms with Gasteiger partial charge in [0.25, 0.3) is 5.91 Å². The van der Waals surface area contributed by atoms with Crippen molar-refractivity contribution < 1.29 is 23.5 Å². The number of aromatic nitrogens is 1. The predicted octanol–water partition coefficient (Wildman–Crippen LogP) is 2.59. The fourth-order valence-electron chi connectivity index (χ4n) is 3.54. The summed E-state index contributed by atoms with van der Waals surface area (Å²) in [5.41, 5.74) is 1.40. The molecule has 0 unspecified atom stereocenters. The lowest BCUT2D eigenvalue weighted by atomic mass is 10.1. The maximum atomic E-state index is 12.9. The number of nitrogens with zero attached hydrogens (tertiary/aromatic N) is 1. The van der Waals surface area contributed by atoms with Crippen molar-refractivity contribution >= 4 is 45.3 Å². The highest BCUT2D eigenvalue weighted by Crippen LogP contribution is 2.19. The Kier molecular flexibility index (Phi) is 6.63. The average molecular weight is 461 g/mol. The van der Waals surface area contributed by atoms with E-state index in [2.05, 4.69) is 10.6 Å². The standard InChI is InChI=1S/C25H20FN3O5/c26-16-9-11-17(12-10-16)28-22(30)13-27-23(31)15-34-24(32)14-29-20-7-3-1-5-18(20)25(33)19-6-2-4-8-21(19)29/h1-12H,13-15H2,(H,27,31)(H,28,30). The summed E-state index contributed by atoms with van der Waals surface area (Å²) in [6.07, 6.45) is 0. The number of carbonyl (C=O) groups excluding carboxylic acids is 3. The number of amides is 2. The fraction of sp³-hybridized carbons (Fsp3) is 0.120. The van der Waals surface area contributed by atoms with Crippen LogP contribution in [0.3, 0.4) is 0 Å². The van der Waals surface area contributed by atoms with E-state index in [1.165, 1.54) is 24.3 Å². The third kappa shape index (κ3) is 5.09. The van der Waals surface area contributed by atoms with Crippen molar-refractivity contribution in [3.05, 3.63) is 88.8 Å². The molecule has 0 fully saturated rings. The molecule has 2 amide bonds. The highest BCUT2D eigenvalue weighted by Gasteiger charge is 2.15. The van der Waals surface area contributed by atoms with E-state index < -0.39 is 30.2 Å². The van der Waals surface area contributed by atoms with E-state index in [1.54, 1.807) is 53.1 Å². The number of nitrogens with one attached hydrogen (secondary N) is 2. The number of hydrogen-bond acceptors (Lipinski definition) is 5. The van der Waals surface area contributed by atoms with Crippen LogP contribution in [0.15, 0.2) is 77.6 Å². The Balaban J connectivity index is 1.36. The summed E-state index contributed by atoms with van der Waals surface area (Å²) in [5.74, 6) is -2.28. The summed E-state index contributed by atoms with van der Waals surface area (Å²) in [4.78, 5) is 49.2. The maximum absolute atomic E-state index is 12.9. The molecule has 8 nitrogen and oxygen atoms in total. The van der Waals surface area contributed by atoms with Crippen LogP contribution in [0.2, 0.25) is 0 Å². The number of hydrogen-bond donors (Lipinski definition) is 2. The second-order valence-electron chi connectivity index (χ2n) is 7.44. The molecular formula is C25H20FN3O5. The summed E-state index contributed by atoms with van der Waals surface area (Å²) < 4.78 is 19.7. The van der Waals surface area contributed by atoms with Crippen LogP contribution in [0, 0.1) is 5.82 Å². The molecule has 0 spiro atoms. The molecule has 1 aromatic heterocycles.